The van der Waals surface area contributed by atoms with Crippen molar-refractivity contribution in [2.45, 2.75) is 97.6 Å². The third-order valence-corrected chi connectivity index (χ3v) is 7.20. The van der Waals surface area contributed by atoms with Gasteiger partial charge in [0.2, 0.25) is 17.5 Å². The number of rotatable bonds is 6. The van der Waals surface area contributed by atoms with Crippen molar-refractivity contribution in [3.63, 3.8) is 0 Å². The number of benzene rings is 1. The molecule has 1 aromatic rings. The summed E-state index contributed by atoms with van der Waals surface area (Å²) < 4.78 is 7.90. The van der Waals surface area contributed by atoms with Crippen LogP contribution in [0.15, 0.2) is 24.3 Å². The highest BCUT2D eigenvalue weighted by Gasteiger charge is 2.38. The average Bonchev–Trinajstić information content (AvgIpc) is 3.17. The van der Waals surface area contributed by atoms with Crippen LogP contribution in [0.1, 0.15) is 91.5 Å². The fourth-order valence-corrected chi connectivity index (χ4v) is 5.29. The van der Waals surface area contributed by atoms with E-state index >= 15 is 0 Å². The number of hydrogen-bond donors (Lipinski definition) is 2. The van der Waals surface area contributed by atoms with Gasteiger partial charge in [0.15, 0.2) is 6.21 Å². The molecule has 4 unspecified atom stereocenters. The SMILES string of the molecule is CC(C)CC(C(=O)NC1CC2C=[N+](CCCCCCNC1=O)c1ccccc12)C(C)C(=O)OC(C)(C)C. The molecule has 0 radical (unpaired) electrons. The van der Waals surface area contributed by atoms with Crippen LogP contribution >= 0.6 is 0 Å². The molecule has 2 aliphatic rings. The molecular weight excluding hydrogens is 466 g/mol. The maximum absolute atomic E-state index is 13.7. The number of fused-ring (bicyclic) bond motifs is 4. The molecule has 0 saturated heterocycles. The topological polar surface area (TPSA) is 87.5 Å². The van der Waals surface area contributed by atoms with Gasteiger partial charge < -0.3 is 15.4 Å². The molecule has 4 atom stereocenters. The van der Waals surface area contributed by atoms with Gasteiger partial charge in [-0.15, -0.1) is 0 Å². The summed E-state index contributed by atoms with van der Waals surface area (Å²) in [5.41, 5.74) is 1.74. The number of hydrogen-bond acceptors (Lipinski definition) is 4. The molecule has 2 heterocycles. The summed E-state index contributed by atoms with van der Waals surface area (Å²) in [6, 6.07) is 7.63. The van der Waals surface area contributed by atoms with Crippen molar-refractivity contribution >= 4 is 29.7 Å². The van der Waals surface area contributed by atoms with E-state index < -0.39 is 23.5 Å². The second-order valence-electron chi connectivity index (χ2n) is 12.1. The van der Waals surface area contributed by atoms with Crippen LogP contribution < -0.4 is 10.6 Å². The van der Waals surface area contributed by atoms with Crippen molar-refractivity contribution < 1.29 is 23.7 Å². The molecule has 3 rings (SSSR count). The number of para-hydroxylation sites is 1. The van der Waals surface area contributed by atoms with Crippen molar-refractivity contribution in [1.29, 1.82) is 0 Å². The molecule has 0 aliphatic carbocycles. The molecule has 0 aromatic heterocycles. The van der Waals surface area contributed by atoms with E-state index in [1.807, 2.05) is 46.8 Å². The average molecular weight is 513 g/mol. The molecule has 7 nitrogen and oxygen atoms in total. The third-order valence-electron chi connectivity index (χ3n) is 7.20. The second-order valence-corrected chi connectivity index (χ2v) is 12.1. The monoisotopic (exact) mass is 512 g/mol. The van der Waals surface area contributed by atoms with Crippen molar-refractivity contribution in [2.24, 2.45) is 17.8 Å². The Bertz CT molecular complexity index is 995. The number of carbonyl (C=O) groups excluding carboxylic acids is 3. The summed E-state index contributed by atoms with van der Waals surface area (Å²) in [5.74, 6) is -1.78. The van der Waals surface area contributed by atoms with Crippen molar-refractivity contribution in [3.05, 3.63) is 29.8 Å². The molecular formula is C30H46N3O4+. The summed E-state index contributed by atoms with van der Waals surface area (Å²) >= 11 is 0. The first-order chi connectivity index (χ1) is 17.5. The van der Waals surface area contributed by atoms with E-state index in [1.165, 1.54) is 11.3 Å². The Morgan fingerprint density at radius 1 is 1.11 bits per heavy atom. The van der Waals surface area contributed by atoms with Crippen LogP contribution in [0.5, 0.6) is 0 Å². The summed E-state index contributed by atoms with van der Waals surface area (Å²) in [6.07, 6.45) is 7.41. The fraction of sp³-hybridized carbons (Fsp3) is 0.667. The Morgan fingerprint density at radius 3 is 2.51 bits per heavy atom. The molecule has 204 valence electrons. The van der Waals surface area contributed by atoms with E-state index in [0.29, 0.717) is 19.4 Å². The predicted molar refractivity (Wildman–Crippen MR) is 146 cm³/mol. The molecule has 2 aliphatic heterocycles. The van der Waals surface area contributed by atoms with Crippen LogP contribution in [0.4, 0.5) is 5.69 Å². The van der Waals surface area contributed by atoms with E-state index in [2.05, 4.69) is 33.6 Å². The van der Waals surface area contributed by atoms with Gasteiger partial charge >= 0.3 is 5.97 Å². The lowest BCUT2D eigenvalue weighted by atomic mass is 9.85. The maximum atomic E-state index is 13.7. The fourth-order valence-electron chi connectivity index (χ4n) is 5.29. The Labute approximate surface area is 222 Å². The van der Waals surface area contributed by atoms with Crippen LogP contribution in [0.25, 0.3) is 0 Å². The van der Waals surface area contributed by atoms with Gasteiger partial charge in [-0.3, -0.25) is 14.4 Å². The van der Waals surface area contributed by atoms with Gasteiger partial charge in [0, 0.05) is 24.6 Å². The summed E-state index contributed by atoms with van der Waals surface area (Å²) in [7, 11) is 0. The van der Waals surface area contributed by atoms with Crippen LogP contribution in [0.2, 0.25) is 0 Å². The Morgan fingerprint density at radius 2 is 1.81 bits per heavy atom. The number of amides is 2. The minimum Gasteiger partial charge on any atom is -0.460 e. The third kappa shape index (κ3) is 8.14. The first-order valence-electron chi connectivity index (χ1n) is 14.0. The first kappa shape index (κ1) is 28.9. The van der Waals surface area contributed by atoms with Gasteiger partial charge in [0.1, 0.15) is 18.2 Å². The quantitative estimate of drug-likeness (QED) is 0.427. The highest BCUT2D eigenvalue weighted by Crippen LogP contribution is 2.35. The molecule has 0 saturated carbocycles. The molecule has 1 aromatic carbocycles. The van der Waals surface area contributed by atoms with Gasteiger partial charge in [0.25, 0.3) is 0 Å². The lowest BCUT2D eigenvalue weighted by Gasteiger charge is -2.29. The number of esters is 1. The molecule has 0 fully saturated rings. The van der Waals surface area contributed by atoms with Crippen molar-refractivity contribution in [2.75, 3.05) is 13.1 Å². The normalized spacial score (nSPS) is 22.4. The molecule has 2 bridgehead atoms. The Kier molecular flexibility index (Phi) is 9.91. The van der Waals surface area contributed by atoms with E-state index in [9.17, 15) is 14.4 Å². The smallest absolute Gasteiger partial charge is 0.309 e. The highest BCUT2D eigenvalue weighted by atomic mass is 16.6. The van der Waals surface area contributed by atoms with Crippen molar-refractivity contribution in [3.8, 4) is 0 Å². The zero-order valence-electron chi connectivity index (χ0n) is 23.5. The van der Waals surface area contributed by atoms with Gasteiger partial charge in [-0.2, -0.15) is 0 Å². The zero-order valence-corrected chi connectivity index (χ0v) is 23.5. The number of ether oxygens (including phenoxy) is 1. The van der Waals surface area contributed by atoms with Gasteiger partial charge in [-0.25, -0.2) is 4.58 Å². The van der Waals surface area contributed by atoms with E-state index in [-0.39, 0.29) is 29.6 Å². The minimum absolute atomic E-state index is 0.0276. The van der Waals surface area contributed by atoms with Gasteiger partial charge in [0.05, 0.1) is 17.8 Å². The largest absolute Gasteiger partial charge is 0.460 e. The molecule has 2 N–H and O–H groups in total. The van der Waals surface area contributed by atoms with Crippen LogP contribution in [-0.2, 0) is 19.1 Å². The number of nitrogens with one attached hydrogen (secondary N) is 2. The van der Waals surface area contributed by atoms with Gasteiger partial charge in [-0.1, -0.05) is 45.4 Å². The van der Waals surface area contributed by atoms with Crippen LogP contribution in [0.3, 0.4) is 0 Å². The molecule has 7 heteroatoms. The first-order valence-corrected chi connectivity index (χ1v) is 14.0. The summed E-state index contributed by atoms with van der Waals surface area (Å²) in [4.78, 5) is 39.9. The zero-order chi connectivity index (χ0) is 27.2. The predicted octanol–water partition coefficient (Wildman–Crippen LogP) is 4.70. The van der Waals surface area contributed by atoms with Crippen LogP contribution in [-0.4, -0.2) is 53.3 Å². The second kappa shape index (κ2) is 12.7. The number of nitrogens with zero attached hydrogens (tertiary/aromatic N) is 1. The standard InChI is InChI=1S/C30H45N3O4/c1-20(2)17-24(21(3)29(36)37-30(4,5)6)27(34)32-25-18-22-19-33(26-14-10-9-13-23(22)26)16-12-8-7-11-15-31-28(25)35/h9-10,13-14,19-22,24-25H,7-8,11-12,15-18H2,1-6H3,(H-,31,32,34,35)/p+1. The Balaban J connectivity index is 1.84. The van der Waals surface area contributed by atoms with E-state index in [1.54, 1.807) is 6.92 Å². The lowest BCUT2D eigenvalue weighted by Crippen LogP contribution is -2.51. The van der Waals surface area contributed by atoms with Crippen LogP contribution in [0, 0.1) is 17.8 Å². The summed E-state index contributed by atoms with van der Waals surface area (Å²) in [6.45, 7) is 12.9. The lowest BCUT2D eigenvalue weighted by molar-refractivity contribution is -0.433. The Hall–Kier alpha value is -2.70. The van der Waals surface area contributed by atoms with Crippen molar-refractivity contribution in [1.82, 2.24) is 10.6 Å². The highest BCUT2D eigenvalue weighted by molar-refractivity contribution is 5.91. The molecule has 0 spiro atoms. The number of carbonyl (C=O) groups is 3. The maximum Gasteiger partial charge on any atom is 0.309 e. The van der Waals surface area contributed by atoms with Gasteiger partial charge in [-0.05, 0) is 52.4 Å². The molecule has 37 heavy (non-hydrogen) atoms. The van der Waals surface area contributed by atoms with E-state index in [4.69, 9.17) is 4.74 Å². The minimum atomic E-state index is -0.692. The van der Waals surface area contributed by atoms with E-state index in [0.717, 1.165) is 32.2 Å². The summed E-state index contributed by atoms with van der Waals surface area (Å²) in [5, 5.41) is 6.11. The molecule has 2 amide bonds.